The number of benzene rings is 1. The van der Waals surface area contributed by atoms with Crippen molar-refractivity contribution in [1.29, 1.82) is 0 Å². The molecule has 0 aromatic heterocycles. The van der Waals surface area contributed by atoms with E-state index in [1.807, 2.05) is 24.3 Å². The molecule has 2 saturated heterocycles. The van der Waals surface area contributed by atoms with Crippen LogP contribution in [0.2, 0.25) is 0 Å². The van der Waals surface area contributed by atoms with Crippen LogP contribution in [-0.2, 0) is 31.8 Å². The fraction of sp³-hybridized carbons (Fsp3) is 0.647. The molecule has 0 spiro atoms. The van der Waals surface area contributed by atoms with Gasteiger partial charge in [0.2, 0.25) is 10.0 Å². The minimum Gasteiger partial charge on any atom is -0.380 e. The van der Waals surface area contributed by atoms with Crippen LogP contribution < -0.4 is 5.32 Å². The van der Waals surface area contributed by atoms with Crippen LogP contribution in [0.1, 0.15) is 18.1 Å². The average molecular weight is 354 g/mol. The number of rotatable bonds is 7. The normalized spacial score (nSPS) is 21.4. The summed E-state index contributed by atoms with van der Waals surface area (Å²) in [6.07, 6.45) is 0. The maximum absolute atomic E-state index is 12.6. The average Bonchev–Trinajstić information content (AvgIpc) is 2.55. The predicted octanol–water partition coefficient (Wildman–Crippen LogP) is 0.975. The molecule has 2 aliphatic rings. The third-order valence-corrected chi connectivity index (χ3v) is 6.42. The Balaban J connectivity index is 1.62. The lowest BCUT2D eigenvalue weighted by molar-refractivity contribution is -0.0991. The molecule has 0 bridgehead atoms. The van der Waals surface area contributed by atoms with Gasteiger partial charge in [-0.05, 0) is 11.1 Å². The van der Waals surface area contributed by atoms with Crippen molar-refractivity contribution in [1.82, 2.24) is 9.62 Å². The Labute approximate surface area is 144 Å². The van der Waals surface area contributed by atoms with Crippen molar-refractivity contribution in [2.24, 2.45) is 5.41 Å². The van der Waals surface area contributed by atoms with Gasteiger partial charge in [0, 0.05) is 31.6 Å². The molecular formula is C17H26N2O4S. The molecule has 24 heavy (non-hydrogen) atoms. The smallest absolute Gasteiger partial charge is 0.218 e. The molecule has 0 unspecified atom stereocenters. The number of sulfonamides is 1. The highest BCUT2D eigenvalue weighted by Gasteiger charge is 2.32. The van der Waals surface area contributed by atoms with E-state index in [1.54, 1.807) is 0 Å². The summed E-state index contributed by atoms with van der Waals surface area (Å²) in [6.45, 7) is 7.15. The van der Waals surface area contributed by atoms with E-state index < -0.39 is 10.0 Å². The Hall–Kier alpha value is -0.990. The Morgan fingerprint density at radius 2 is 1.79 bits per heavy atom. The monoisotopic (exact) mass is 354 g/mol. The van der Waals surface area contributed by atoms with Crippen molar-refractivity contribution in [3.8, 4) is 0 Å². The van der Waals surface area contributed by atoms with Crippen LogP contribution in [0.25, 0.3) is 0 Å². The van der Waals surface area contributed by atoms with E-state index >= 15 is 0 Å². The molecule has 0 saturated carbocycles. The van der Waals surface area contributed by atoms with Crippen LogP contribution in [0.3, 0.4) is 0 Å². The molecule has 2 aliphatic heterocycles. The van der Waals surface area contributed by atoms with Crippen molar-refractivity contribution in [3.63, 3.8) is 0 Å². The van der Waals surface area contributed by atoms with E-state index in [4.69, 9.17) is 9.47 Å². The zero-order valence-corrected chi connectivity index (χ0v) is 15.0. The summed E-state index contributed by atoms with van der Waals surface area (Å²) in [5.41, 5.74) is 2.11. The van der Waals surface area contributed by atoms with Gasteiger partial charge in [-0.1, -0.05) is 31.2 Å². The number of ether oxygens (including phenoxy) is 2. The lowest BCUT2D eigenvalue weighted by atomic mass is 9.88. The van der Waals surface area contributed by atoms with Crippen LogP contribution in [-0.4, -0.2) is 58.8 Å². The fourth-order valence-electron chi connectivity index (χ4n) is 3.03. The van der Waals surface area contributed by atoms with Crippen molar-refractivity contribution in [2.75, 3.05) is 46.1 Å². The number of hydrogen-bond donors (Lipinski definition) is 1. The highest BCUT2D eigenvalue weighted by atomic mass is 32.2. The van der Waals surface area contributed by atoms with Gasteiger partial charge in [0.25, 0.3) is 0 Å². The number of morpholine rings is 1. The Morgan fingerprint density at radius 1 is 1.12 bits per heavy atom. The maximum atomic E-state index is 12.6. The molecule has 1 aromatic rings. The molecule has 134 valence electrons. The number of nitrogens with one attached hydrogen (secondary N) is 1. The Kier molecular flexibility index (Phi) is 5.56. The summed E-state index contributed by atoms with van der Waals surface area (Å²) >= 11 is 0. The summed E-state index contributed by atoms with van der Waals surface area (Å²) < 4.78 is 37.3. The van der Waals surface area contributed by atoms with Gasteiger partial charge < -0.3 is 14.8 Å². The van der Waals surface area contributed by atoms with Gasteiger partial charge in [0.05, 0.1) is 32.2 Å². The lowest BCUT2D eigenvalue weighted by Crippen LogP contribution is -2.47. The predicted molar refractivity (Wildman–Crippen MR) is 92.1 cm³/mol. The van der Waals surface area contributed by atoms with Crippen LogP contribution in [0.5, 0.6) is 0 Å². The zero-order valence-electron chi connectivity index (χ0n) is 14.2. The molecule has 0 atom stereocenters. The van der Waals surface area contributed by atoms with Crippen LogP contribution >= 0.6 is 0 Å². The summed E-state index contributed by atoms with van der Waals surface area (Å²) in [7, 11) is -3.30. The van der Waals surface area contributed by atoms with E-state index in [0.717, 1.165) is 30.9 Å². The fourth-order valence-corrected chi connectivity index (χ4v) is 4.60. The number of nitrogens with zero attached hydrogens (tertiary/aromatic N) is 1. The third-order valence-electron chi connectivity index (χ3n) is 4.59. The minimum atomic E-state index is -3.30. The second-order valence-electron chi connectivity index (χ2n) is 6.94. The standard InChI is InChI=1S/C17H26N2O4S/c1-17(13-23-14-17)12-18-10-15-4-2-3-5-16(15)11-24(20,21)19-6-8-22-9-7-19/h2-5,18H,6-14H2,1H3. The molecule has 0 radical (unpaired) electrons. The summed E-state index contributed by atoms with van der Waals surface area (Å²) in [6, 6.07) is 7.75. The van der Waals surface area contributed by atoms with Gasteiger partial charge in [-0.25, -0.2) is 8.42 Å². The molecule has 1 N–H and O–H groups in total. The van der Waals surface area contributed by atoms with E-state index in [-0.39, 0.29) is 11.2 Å². The highest BCUT2D eigenvalue weighted by Crippen LogP contribution is 2.25. The molecule has 3 rings (SSSR count). The first-order valence-corrected chi connectivity index (χ1v) is 10.0. The molecule has 7 heteroatoms. The molecule has 0 aliphatic carbocycles. The van der Waals surface area contributed by atoms with Gasteiger partial charge >= 0.3 is 0 Å². The molecule has 0 amide bonds. The van der Waals surface area contributed by atoms with Crippen LogP contribution in [0.4, 0.5) is 0 Å². The Bertz CT molecular complexity index is 652. The SMILES string of the molecule is CC1(CNCc2ccccc2CS(=O)(=O)N2CCOCC2)COC1. The topological polar surface area (TPSA) is 67.9 Å². The van der Waals surface area contributed by atoms with Gasteiger partial charge in [-0.2, -0.15) is 4.31 Å². The van der Waals surface area contributed by atoms with E-state index in [1.165, 1.54) is 4.31 Å². The van der Waals surface area contributed by atoms with Crippen molar-refractivity contribution in [3.05, 3.63) is 35.4 Å². The largest absolute Gasteiger partial charge is 0.380 e. The summed E-state index contributed by atoms with van der Waals surface area (Å²) in [5.74, 6) is 0.0469. The lowest BCUT2D eigenvalue weighted by Gasteiger charge is -2.38. The van der Waals surface area contributed by atoms with Gasteiger partial charge in [-0.15, -0.1) is 0 Å². The minimum absolute atomic E-state index is 0.0469. The summed E-state index contributed by atoms with van der Waals surface area (Å²) in [4.78, 5) is 0. The molecule has 1 aromatic carbocycles. The van der Waals surface area contributed by atoms with E-state index in [2.05, 4.69) is 12.2 Å². The second kappa shape index (κ2) is 7.49. The van der Waals surface area contributed by atoms with E-state index in [9.17, 15) is 8.42 Å². The summed E-state index contributed by atoms with van der Waals surface area (Å²) in [5, 5.41) is 3.44. The van der Waals surface area contributed by atoms with Crippen molar-refractivity contribution < 1.29 is 17.9 Å². The van der Waals surface area contributed by atoms with Crippen LogP contribution in [0.15, 0.2) is 24.3 Å². The zero-order chi connectivity index (χ0) is 17.0. The molecular weight excluding hydrogens is 328 g/mol. The van der Waals surface area contributed by atoms with Crippen molar-refractivity contribution in [2.45, 2.75) is 19.2 Å². The van der Waals surface area contributed by atoms with Crippen LogP contribution in [0, 0.1) is 5.41 Å². The second-order valence-corrected chi connectivity index (χ2v) is 8.91. The van der Waals surface area contributed by atoms with Gasteiger partial charge in [-0.3, -0.25) is 0 Å². The highest BCUT2D eigenvalue weighted by molar-refractivity contribution is 7.88. The maximum Gasteiger partial charge on any atom is 0.218 e. The number of hydrogen-bond acceptors (Lipinski definition) is 5. The molecule has 2 fully saturated rings. The quantitative estimate of drug-likeness (QED) is 0.790. The third kappa shape index (κ3) is 4.34. The molecule has 6 nitrogen and oxygen atoms in total. The first-order valence-electron chi connectivity index (χ1n) is 8.39. The Morgan fingerprint density at radius 3 is 2.42 bits per heavy atom. The van der Waals surface area contributed by atoms with Gasteiger partial charge in [0.15, 0.2) is 0 Å². The first kappa shape index (κ1) is 17.8. The first-order chi connectivity index (χ1) is 11.5. The van der Waals surface area contributed by atoms with Crippen molar-refractivity contribution >= 4 is 10.0 Å². The van der Waals surface area contributed by atoms with E-state index in [0.29, 0.717) is 32.8 Å². The van der Waals surface area contributed by atoms with Gasteiger partial charge in [0.1, 0.15) is 0 Å². The molecule has 2 heterocycles.